The lowest BCUT2D eigenvalue weighted by Gasteiger charge is -2.24. The van der Waals surface area contributed by atoms with Crippen LogP contribution in [0.3, 0.4) is 0 Å². The summed E-state index contributed by atoms with van der Waals surface area (Å²) in [6, 6.07) is 10.2. The van der Waals surface area contributed by atoms with E-state index >= 15 is 0 Å². The quantitative estimate of drug-likeness (QED) is 0.809. The van der Waals surface area contributed by atoms with Gasteiger partial charge in [0.25, 0.3) is 0 Å². The van der Waals surface area contributed by atoms with Crippen molar-refractivity contribution in [3.05, 3.63) is 35.9 Å². The Bertz CT molecular complexity index is 337. The molecule has 1 heterocycles. The molecule has 2 rings (SSSR count). The monoisotopic (exact) mass is 205 g/mol. The van der Waals surface area contributed by atoms with Gasteiger partial charge in [0, 0.05) is 13.0 Å². The molecule has 0 aliphatic carbocycles. The molecule has 1 aromatic rings. The lowest BCUT2D eigenvalue weighted by molar-refractivity contribution is -0.129. The Labute approximate surface area is 89.3 Å². The summed E-state index contributed by atoms with van der Waals surface area (Å²) in [7, 11) is 0. The van der Waals surface area contributed by atoms with Gasteiger partial charge in [0.1, 0.15) is 0 Å². The maximum Gasteiger partial charge on any atom is 0.223 e. The first kappa shape index (κ1) is 10.2. The van der Waals surface area contributed by atoms with E-state index in [1.807, 2.05) is 30.3 Å². The summed E-state index contributed by atoms with van der Waals surface area (Å²) in [5.74, 6) is 0.151. The molecular weight excluding hydrogens is 190 g/mol. The Morgan fingerprint density at radius 2 is 2.07 bits per heavy atom. The molecular formula is C12H15NO2. The molecule has 0 spiro atoms. The van der Waals surface area contributed by atoms with Gasteiger partial charge in [0.15, 0.2) is 0 Å². The van der Waals surface area contributed by atoms with Crippen molar-refractivity contribution in [3.8, 4) is 0 Å². The average Bonchev–Trinajstić information content (AvgIpc) is 2.63. The Kier molecular flexibility index (Phi) is 3.02. The number of β-amino-alcohol motifs (C(OH)–C–C–N with tert-alkyl or cyclic N) is 1. The van der Waals surface area contributed by atoms with E-state index in [0.717, 1.165) is 12.0 Å². The van der Waals surface area contributed by atoms with Gasteiger partial charge in [-0.25, -0.2) is 0 Å². The van der Waals surface area contributed by atoms with Gasteiger partial charge in [0.05, 0.1) is 12.6 Å². The van der Waals surface area contributed by atoms with Gasteiger partial charge in [0.2, 0.25) is 5.91 Å². The van der Waals surface area contributed by atoms with E-state index in [1.165, 1.54) is 0 Å². The zero-order valence-corrected chi connectivity index (χ0v) is 8.60. The van der Waals surface area contributed by atoms with Crippen molar-refractivity contribution in [1.82, 2.24) is 4.90 Å². The second-order valence-electron chi connectivity index (χ2n) is 3.78. The van der Waals surface area contributed by atoms with Crippen molar-refractivity contribution < 1.29 is 9.90 Å². The molecule has 80 valence electrons. The van der Waals surface area contributed by atoms with Crippen LogP contribution in [0.2, 0.25) is 0 Å². The number of aliphatic hydroxyl groups excluding tert-OH is 1. The van der Waals surface area contributed by atoms with Gasteiger partial charge in [-0.1, -0.05) is 30.3 Å². The van der Waals surface area contributed by atoms with Crippen LogP contribution in [0.15, 0.2) is 30.3 Å². The van der Waals surface area contributed by atoms with Crippen molar-refractivity contribution >= 4 is 5.91 Å². The molecule has 0 bridgehead atoms. The second-order valence-corrected chi connectivity index (χ2v) is 3.78. The first-order valence-electron chi connectivity index (χ1n) is 5.28. The standard InChI is InChI=1S/C12H15NO2/c14-9-8-13-11(6-7-12(13)15)10-4-2-1-3-5-10/h1-5,11,14H,6-9H2. The number of likely N-dealkylation sites (tertiary alicyclic amines) is 1. The average molecular weight is 205 g/mol. The molecule has 1 unspecified atom stereocenters. The largest absolute Gasteiger partial charge is 0.395 e. The molecule has 15 heavy (non-hydrogen) atoms. The molecule has 1 atom stereocenters. The molecule has 1 aliphatic heterocycles. The van der Waals surface area contributed by atoms with Gasteiger partial charge in [-0.3, -0.25) is 4.79 Å². The molecule has 3 nitrogen and oxygen atoms in total. The van der Waals surface area contributed by atoms with E-state index in [0.29, 0.717) is 13.0 Å². The lowest BCUT2D eigenvalue weighted by Crippen LogP contribution is -2.30. The number of benzene rings is 1. The summed E-state index contributed by atoms with van der Waals surface area (Å²) in [6.07, 6.45) is 1.46. The van der Waals surface area contributed by atoms with Crippen molar-refractivity contribution in [1.29, 1.82) is 0 Å². The number of rotatable bonds is 3. The van der Waals surface area contributed by atoms with Crippen molar-refractivity contribution in [2.45, 2.75) is 18.9 Å². The Hall–Kier alpha value is -1.35. The first-order chi connectivity index (χ1) is 7.33. The zero-order valence-electron chi connectivity index (χ0n) is 8.60. The van der Waals surface area contributed by atoms with Crippen molar-refractivity contribution in [2.75, 3.05) is 13.2 Å². The van der Waals surface area contributed by atoms with E-state index in [1.54, 1.807) is 4.90 Å². The molecule has 1 fully saturated rings. The smallest absolute Gasteiger partial charge is 0.223 e. The third-order valence-corrected chi connectivity index (χ3v) is 2.85. The first-order valence-corrected chi connectivity index (χ1v) is 5.28. The lowest BCUT2D eigenvalue weighted by atomic mass is 10.1. The van der Waals surface area contributed by atoms with Gasteiger partial charge < -0.3 is 10.0 Å². The minimum atomic E-state index is 0.0368. The van der Waals surface area contributed by atoms with E-state index in [4.69, 9.17) is 5.11 Å². The van der Waals surface area contributed by atoms with Crippen LogP contribution in [0.25, 0.3) is 0 Å². The maximum absolute atomic E-state index is 11.6. The molecule has 0 aromatic heterocycles. The highest BCUT2D eigenvalue weighted by molar-refractivity contribution is 5.79. The van der Waals surface area contributed by atoms with Crippen LogP contribution in [0.4, 0.5) is 0 Å². The van der Waals surface area contributed by atoms with Gasteiger partial charge in [-0.05, 0) is 12.0 Å². The molecule has 0 radical (unpaired) electrons. The molecule has 1 aromatic carbocycles. The summed E-state index contributed by atoms with van der Waals surface area (Å²) in [5, 5.41) is 8.92. The fourth-order valence-electron chi connectivity index (χ4n) is 2.14. The number of aliphatic hydroxyl groups is 1. The van der Waals surface area contributed by atoms with Crippen LogP contribution < -0.4 is 0 Å². The maximum atomic E-state index is 11.6. The number of hydrogen-bond donors (Lipinski definition) is 1. The zero-order chi connectivity index (χ0) is 10.7. The van der Waals surface area contributed by atoms with E-state index in [9.17, 15) is 4.79 Å². The van der Waals surface area contributed by atoms with E-state index < -0.39 is 0 Å². The third kappa shape index (κ3) is 2.02. The van der Waals surface area contributed by atoms with Gasteiger partial charge in [-0.15, -0.1) is 0 Å². The van der Waals surface area contributed by atoms with Crippen molar-refractivity contribution in [3.63, 3.8) is 0 Å². The van der Waals surface area contributed by atoms with E-state index in [2.05, 4.69) is 0 Å². The van der Waals surface area contributed by atoms with Gasteiger partial charge >= 0.3 is 0 Å². The number of hydrogen-bond acceptors (Lipinski definition) is 2. The van der Waals surface area contributed by atoms with Crippen molar-refractivity contribution in [2.24, 2.45) is 0 Å². The number of amides is 1. The molecule has 3 heteroatoms. The topological polar surface area (TPSA) is 40.5 Å². The number of nitrogens with zero attached hydrogens (tertiary/aromatic N) is 1. The summed E-state index contributed by atoms with van der Waals surface area (Å²) < 4.78 is 0. The van der Waals surface area contributed by atoms with E-state index in [-0.39, 0.29) is 18.6 Å². The fraction of sp³-hybridized carbons (Fsp3) is 0.417. The molecule has 1 aliphatic rings. The van der Waals surface area contributed by atoms with Crippen LogP contribution in [0.5, 0.6) is 0 Å². The highest BCUT2D eigenvalue weighted by atomic mass is 16.3. The predicted molar refractivity (Wildman–Crippen MR) is 57.2 cm³/mol. The Morgan fingerprint density at radius 3 is 2.73 bits per heavy atom. The highest BCUT2D eigenvalue weighted by Crippen LogP contribution is 2.31. The van der Waals surface area contributed by atoms with Crippen LogP contribution in [-0.2, 0) is 4.79 Å². The summed E-state index contributed by atoms with van der Waals surface area (Å²) in [4.78, 5) is 13.3. The predicted octanol–water partition coefficient (Wildman–Crippen LogP) is 1.34. The normalized spacial score (nSPS) is 21.0. The minimum Gasteiger partial charge on any atom is -0.395 e. The second kappa shape index (κ2) is 4.45. The summed E-state index contributed by atoms with van der Waals surface area (Å²) in [5.41, 5.74) is 1.16. The molecule has 1 amide bonds. The summed E-state index contributed by atoms with van der Waals surface area (Å²) >= 11 is 0. The minimum absolute atomic E-state index is 0.0368. The Morgan fingerprint density at radius 1 is 1.33 bits per heavy atom. The third-order valence-electron chi connectivity index (χ3n) is 2.85. The van der Waals surface area contributed by atoms with Crippen LogP contribution in [-0.4, -0.2) is 29.1 Å². The Balaban J connectivity index is 2.18. The number of carbonyl (C=O) groups excluding carboxylic acids is 1. The van der Waals surface area contributed by atoms with Gasteiger partial charge in [-0.2, -0.15) is 0 Å². The van der Waals surface area contributed by atoms with Crippen LogP contribution in [0, 0.1) is 0 Å². The van der Waals surface area contributed by atoms with Crippen LogP contribution in [0.1, 0.15) is 24.4 Å². The molecule has 1 saturated heterocycles. The number of carbonyl (C=O) groups is 1. The fourth-order valence-corrected chi connectivity index (χ4v) is 2.14. The SMILES string of the molecule is O=C1CCC(c2ccccc2)N1CCO. The highest BCUT2D eigenvalue weighted by Gasteiger charge is 2.31. The van der Waals surface area contributed by atoms with Crippen LogP contribution >= 0.6 is 0 Å². The molecule has 0 saturated carbocycles. The summed E-state index contributed by atoms with van der Waals surface area (Å²) in [6.45, 7) is 0.480. The molecule has 1 N–H and O–H groups in total.